The highest BCUT2D eigenvalue weighted by Crippen LogP contribution is 2.51. The third-order valence-electron chi connectivity index (χ3n) is 7.22. The van der Waals surface area contributed by atoms with E-state index >= 15 is 0 Å². The summed E-state index contributed by atoms with van der Waals surface area (Å²) in [4.78, 5) is 13.2. The number of esters is 1. The monoisotopic (exact) mass is 392 g/mol. The number of aliphatic hydroxyl groups excluding tert-OH is 1. The topological polar surface area (TPSA) is 55.8 Å². The maximum atomic E-state index is 13.2. The number of cyclic esters (lactones) is 1. The molecule has 4 heteroatoms. The Kier molecular flexibility index (Phi) is 7.12. The van der Waals surface area contributed by atoms with Crippen molar-refractivity contribution in [2.75, 3.05) is 6.61 Å². The van der Waals surface area contributed by atoms with Crippen LogP contribution in [0.25, 0.3) is 0 Å². The molecule has 3 aliphatic rings. The molecule has 1 heterocycles. The van der Waals surface area contributed by atoms with Crippen molar-refractivity contribution in [3.8, 4) is 0 Å². The van der Waals surface area contributed by atoms with Gasteiger partial charge in [-0.1, -0.05) is 39.5 Å². The Morgan fingerprint density at radius 2 is 1.68 bits per heavy atom. The molecular weight excluding hydrogens is 352 g/mol. The van der Waals surface area contributed by atoms with E-state index in [1.54, 1.807) is 0 Å². The van der Waals surface area contributed by atoms with Crippen LogP contribution in [0.5, 0.6) is 0 Å². The Balaban J connectivity index is 2.00. The molecule has 0 aromatic heterocycles. The van der Waals surface area contributed by atoms with Crippen molar-refractivity contribution in [1.82, 2.24) is 0 Å². The summed E-state index contributed by atoms with van der Waals surface area (Å²) >= 11 is 0. The normalized spacial score (nSPS) is 30.1. The molecule has 1 aliphatic heterocycles. The Hall–Kier alpha value is -1.03. The lowest BCUT2D eigenvalue weighted by Crippen LogP contribution is -2.54. The summed E-state index contributed by atoms with van der Waals surface area (Å²) in [5.41, 5.74) is -0.0492. The van der Waals surface area contributed by atoms with Crippen LogP contribution in [0.2, 0.25) is 0 Å². The van der Waals surface area contributed by atoms with Crippen LogP contribution in [0.15, 0.2) is 11.3 Å². The van der Waals surface area contributed by atoms with E-state index in [1.807, 2.05) is 13.8 Å². The highest BCUT2D eigenvalue weighted by molar-refractivity contribution is 5.91. The summed E-state index contributed by atoms with van der Waals surface area (Å²) in [6.07, 6.45) is 10.6. The minimum atomic E-state index is -0.612. The lowest BCUT2D eigenvalue weighted by molar-refractivity contribution is -0.185. The van der Waals surface area contributed by atoms with Gasteiger partial charge >= 0.3 is 5.97 Å². The van der Waals surface area contributed by atoms with Crippen LogP contribution in [-0.2, 0) is 14.3 Å². The second kappa shape index (κ2) is 9.19. The molecule has 2 fully saturated rings. The van der Waals surface area contributed by atoms with E-state index in [2.05, 4.69) is 13.8 Å². The van der Waals surface area contributed by atoms with E-state index < -0.39 is 5.60 Å². The van der Waals surface area contributed by atoms with Crippen molar-refractivity contribution in [3.05, 3.63) is 11.3 Å². The van der Waals surface area contributed by atoms with Crippen molar-refractivity contribution >= 4 is 5.97 Å². The number of ether oxygens (including phenoxy) is 2. The first-order valence-corrected chi connectivity index (χ1v) is 11.6. The van der Waals surface area contributed by atoms with Gasteiger partial charge in [0.05, 0.1) is 24.2 Å². The van der Waals surface area contributed by atoms with Crippen molar-refractivity contribution < 1.29 is 19.4 Å². The van der Waals surface area contributed by atoms with Crippen LogP contribution in [0.4, 0.5) is 0 Å². The maximum absolute atomic E-state index is 13.2. The van der Waals surface area contributed by atoms with Crippen LogP contribution in [0.3, 0.4) is 0 Å². The van der Waals surface area contributed by atoms with E-state index in [0.29, 0.717) is 29.8 Å². The van der Waals surface area contributed by atoms with Gasteiger partial charge in [-0.25, -0.2) is 4.79 Å². The first-order valence-electron chi connectivity index (χ1n) is 11.6. The van der Waals surface area contributed by atoms with Crippen LogP contribution in [0, 0.1) is 23.7 Å². The molecule has 2 atom stereocenters. The lowest BCUT2D eigenvalue weighted by Gasteiger charge is -2.48. The van der Waals surface area contributed by atoms with Crippen molar-refractivity contribution in [3.63, 3.8) is 0 Å². The van der Waals surface area contributed by atoms with E-state index in [1.165, 1.54) is 12.8 Å². The zero-order valence-corrected chi connectivity index (χ0v) is 18.3. The summed E-state index contributed by atoms with van der Waals surface area (Å²) in [7, 11) is 0. The van der Waals surface area contributed by atoms with Crippen LogP contribution < -0.4 is 0 Å². The second-order valence-electron chi connectivity index (χ2n) is 9.97. The van der Waals surface area contributed by atoms with Gasteiger partial charge in [0.2, 0.25) is 0 Å². The van der Waals surface area contributed by atoms with Crippen molar-refractivity contribution in [2.45, 2.75) is 104 Å². The van der Waals surface area contributed by atoms with E-state index in [9.17, 15) is 9.90 Å². The molecule has 2 unspecified atom stereocenters. The zero-order chi connectivity index (χ0) is 20.3. The van der Waals surface area contributed by atoms with E-state index in [0.717, 1.165) is 51.4 Å². The third-order valence-corrected chi connectivity index (χ3v) is 7.22. The molecule has 160 valence electrons. The van der Waals surface area contributed by atoms with Gasteiger partial charge in [-0.3, -0.25) is 0 Å². The SMILES string of the molecule is CC(C)CCC1(C2CCCC2)OC(=O)C(C2CCCC2)=C(O)C1COC(C)C. The first-order chi connectivity index (χ1) is 13.3. The van der Waals surface area contributed by atoms with Gasteiger partial charge in [-0.15, -0.1) is 0 Å². The fourth-order valence-electron chi connectivity index (χ4n) is 5.65. The van der Waals surface area contributed by atoms with Gasteiger partial charge in [0.15, 0.2) is 0 Å². The standard InChI is InChI=1S/C24H40O4/c1-16(2)13-14-24(19-11-7-8-12-19)20(15-27-17(3)4)22(25)21(23(26)28-24)18-9-5-6-10-18/h16-20,25H,5-15H2,1-4H3. The fourth-order valence-corrected chi connectivity index (χ4v) is 5.65. The number of carbonyl (C=O) groups is 1. The van der Waals surface area contributed by atoms with Crippen LogP contribution in [-0.4, -0.2) is 29.4 Å². The largest absolute Gasteiger partial charge is 0.511 e. The number of rotatable bonds is 8. The molecule has 0 aromatic carbocycles. The third kappa shape index (κ3) is 4.42. The minimum Gasteiger partial charge on any atom is -0.511 e. The van der Waals surface area contributed by atoms with Crippen molar-refractivity contribution in [1.29, 1.82) is 0 Å². The Bertz CT molecular complexity index is 567. The molecule has 3 rings (SSSR count). The summed E-state index contributed by atoms with van der Waals surface area (Å²) in [6.45, 7) is 8.91. The molecule has 28 heavy (non-hydrogen) atoms. The summed E-state index contributed by atoms with van der Waals surface area (Å²) < 4.78 is 12.4. The van der Waals surface area contributed by atoms with Crippen LogP contribution >= 0.6 is 0 Å². The summed E-state index contributed by atoms with van der Waals surface area (Å²) in [5, 5.41) is 11.4. The number of carbonyl (C=O) groups excluding carboxylic acids is 1. The highest BCUT2D eigenvalue weighted by atomic mass is 16.6. The highest BCUT2D eigenvalue weighted by Gasteiger charge is 2.55. The molecular formula is C24H40O4. The zero-order valence-electron chi connectivity index (χ0n) is 18.3. The van der Waals surface area contributed by atoms with E-state index in [4.69, 9.17) is 9.47 Å². The molecule has 1 N–H and O–H groups in total. The Labute approximate surface area is 171 Å². The average molecular weight is 393 g/mol. The second-order valence-corrected chi connectivity index (χ2v) is 9.97. The summed E-state index contributed by atoms with van der Waals surface area (Å²) in [5.74, 6) is 0.820. The molecule has 0 radical (unpaired) electrons. The molecule has 0 saturated heterocycles. The number of hydrogen-bond donors (Lipinski definition) is 1. The minimum absolute atomic E-state index is 0.0896. The van der Waals surface area contributed by atoms with Crippen molar-refractivity contribution in [2.24, 2.45) is 23.7 Å². The lowest BCUT2D eigenvalue weighted by atomic mass is 9.68. The number of aliphatic hydroxyl groups is 1. The van der Waals surface area contributed by atoms with Gasteiger partial charge in [-0.05, 0) is 70.1 Å². The summed E-state index contributed by atoms with van der Waals surface area (Å²) in [6, 6.07) is 0. The van der Waals surface area contributed by atoms with E-state index in [-0.39, 0.29) is 23.9 Å². The first kappa shape index (κ1) is 21.7. The average Bonchev–Trinajstić information content (AvgIpc) is 3.33. The van der Waals surface area contributed by atoms with Gasteiger partial charge in [0, 0.05) is 0 Å². The Morgan fingerprint density at radius 1 is 1.07 bits per heavy atom. The number of hydrogen-bond acceptors (Lipinski definition) is 4. The predicted octanol–water partition coefficient (Wildman–Crippen LogP) is 5.95. The molecule has 2 saturated carbocycles. The maximum Gasteiger partial charge on any atom is 0.338 e. The fraction of sp³-hybridized carbons (Fsp3) is 0.875. The van der Waals surface area contributed by atoms with Gasteiger partial charge < -0.3 is 14.6 Å². The smallest absolute Gasteiger partial charge is 0.338 e. The van der Waals surface area contributed by atoms with Gasteiger partial charge in [0.1, 0.15) is 11.4 Å². The molecule has 2 aliphatic carbocycles. The molecule has 0 spiro atoms. The molecule has 0 aromatic rings. The predicted molar refractivity (Wildman–Crippen MR) is 111 cm³/mol. The quantitative estimate of drug-likeness (QED) is 0.518. The van der Waals surface area contributed by atoms with Gasteiger partial charge in [0.25, 0.3) is 0 Å². The molecule has 0 amide bonds. The van der Waals surface area contributed by atoms with Gasteiger partial charge in [-0.2, -0.15) is 0 Å². The Morgan fingerprint density at radius 3 is 2.25 bits per heavy atom. The molecule has 0 bridgehead atoms. The van der Waals surface area contributed by atoms with Crippen LogP contribution in [0.1, 0.15) is 91.9 Å². The molecule has 4 nitrogen and oxygen atoms in total.